The number of nitrogens with two attached hydrogens (primary N) is 1. The van der Waals surface area contributed by atoms with Gasteiger partial charge in [0.25, 0.3) is 11.8 Å². The molecule has 2 unspecified atom stereocenters. The predicted molar refractivity (Wildman–Crippen MR) is 106 cm³/mol. The number of hydrogen-bond donors (Lipinski definition) is 1. The lowest BCUT2D eigenvalue weighted by Crippen LogP contribution is -2.42. The Balaban J connectivity index is 1.58. The molecular formula is C21H22N6O2. The number of fused-ring (bicyclic) bond motifs is 3. The number of aryl methyl sites for hydroxylation is 1. The maximum absolute atomic E-state index is 13.2. The molecule has 2 bridgehead atoms. The van der Waals surface area contributed by atoms with Gasteiger partial charge in [-0.3, -0.25) is 9.59 Å². The molecular weight excluding hydrogens is 368 g/mol. The summed E-state index contributed by atoms with van der Waals surface area (Å²) in [6.07, 6.45) is 5.76. The van der Waals surface area contributed by atoms with Crippen molar-refractivity contribution in [1.82, 2.24) is 24.0 Å². The number of benzene rings is 1. The number of nitrogens with zero attached hydrogens (tertiary/aromatic N) is 5. The molecule has 3 aromatic rings. The third-order valence-corrected chi connectivity index (χ3v) is 5.94. The van der Waals surface area contributed by atoms with E-state index in [0.717, 1.165) is 29.9 Å². The number of carbonyl (C=O) groups excluding carboxylic acids is 2. The fourth-order valence-electron chi connectivity index (χ4n) is 4.66. The van der Waals surface area contributed by atoms with Crippen molar-refractivity contribution in [2.24, 2.45) is 12.8 Å². The van der Waals surface area contributed by atoms with Crippen molar-refractivity contribution in [1.29, 1.82) is 0 Å². The molecule has 0 aliphatic carbocycles. The number of hydrogen-bond acceptors (Lipinski definition) is 4. The summed E-state index contributed by atoms with van der Waals surface area (Å²) in [5.41, 5.74) is 8.17. The van der Waals surface area contributed by atoms with Gasteiger partial charge in [-0.25, -0.2) is 9.97 Å². The molecule has 5 rings (SSSR count). The van der Waals surface area contributed by atoms with Gasteiger partial charge in [0.15, 0.2) is 0 Å². The summed E-state index contributed by atoms with van der Waals surface area (Å²) in [5.74, 6) is 0.141. The van der Waals surface area contributed by atoms with Crippen LogP contribution >= 0.6 is 0 Å². The minimum Gasteiger partial charge on any atom is -0.364 e. The van der Waals surface area contributed by atoms with Gasteiger partial charge in [0.1, 0.15) is 17.2 Å². The molecule has 2 aromatic heterocycles. The standard InChI is InChI=1S/C21H22N6O2/c1-25-11-16(23-12-25)21(29)27-14-7-8-15(27)10-26-17(9-14)18(19(22)28)24-20(26)13-5-3-2-4-6-13/h2-6,11-12,14-15H,7-10H2,1H3,(H2,22,28). The van der Waals surface area contributed by atoms with Gasteiger partial charge < -0.3 is 19.8 Å². The Morgan fingerprint density at radius 1 is 1.14 bits per heavy atom. The molecule has 29 heavy (non-hydrogen) atoms. The summed E-state index contributed by atoms with van der Waals surface area (Å²) in [6, 6.07) is 9.82. The molecule has 8 heteroatoms. The summed E-state index contributed by atoms with van der Waals surface area (Å²) in [4.78, 5) is 36.1. The zero-order valence-electron chi connectivity index (χ0n) is 16.2. The van der Waals surface area contributed by atoms with Crippen molar-refractivity contribution in [2.75, 3.05) is 0 Å². The van der Waals surface area contributed by atoms with Gasteiger partial charge in [0.2, 0.25) is 0 Å². The van der Waals surface area contributed by atoms with Crippen LogP contribution in [0.3, 0.4) is 0 Å². The number of carbonyl (C=O) groups is 2. The molecule has 1 saturated heterocycles. The average Bonchev–Trinajstić information content (AvgIpc) is 3.37. The maximum atomic E-state index is 13.2. The van der Waals surface area contributed by atoms with Crippen LogP contribution in [0.2, 0.25) is 0 Å². The normalized spacial score (nSPS) is 20.4. The van der Waals surface area contributed by atoms with E-state index in [4.69, 9.17) is 5.73 Å². The van der Waals surface area contributed by atoms with Gasteiger partial charge in [-0.2, -0.15) is 0 Å². The molecule has 2 atom stereocenters. The largest absolute Gasteiger partial charge is 0.364 e. The fraction of sp³-hybridized carbons (Fsp3) is 0.333. The third-order valence-electron chi connectivity index (χ3n) is 5.94. The van der Waals surface area contributed by atoms with Crippen LogP contribution < -0.4 is 5.73 Å². The van der Waals surface area contributed by atoms with E-state index in [2.05, 4.69) is 14.5 Å². The monoisotopic (exact) mass is 390 g/mol. The Hall–Kier alpha value is -3.42. The van der Waals surface area contributed by atoms with Crippen LogP contribution in [0.1, 0.15) is 39.5 Å². The molecule has 2 N–H and O–H groups in total. The minimum atomic E-state index is -0.531. The average molecular weight is 390 g/mol. The fourth-order valence-corrected chi connectivity index (χ4v) is 4.66. The van der Waals surface area contributed by atoms with Gasteiger partial charge >= 0.3 is 0 Å². The van der Waals surface area contributed by atoms with Crippen LogP contribution in [0.4, 0.5) is 0 Å². The van der Waals surface area contributed by atoms with Crippen molar-refractivity contribution in [3.63, 3.8) is 0 Å². The molecule has 0 radical (unpaired) electrons. The molecule has 1 fully saturated rings. The Morgan fingerprint density at radius 3 is 2.59 bits per heavy atom. The van der Waals surface area contributed by atoms with Gasteiger partial charge in [-0.15, -0.1) is 0 Å². The van der Waals surface area contributed by atoms with Gasteiger partial charge in [0, 0.05) is 37.8 Å². The van der Waals surface area contributed by atoms with Crippen LogP contribution in [0.15, 0.2) is 42.9 Å². The highest BCUT2D eigenvalue weighted by atomic mass is 16.2. The highest BCUT2D eigenvalue weighted by molar-refractivity contribution is 5.94. The van der Waals surface area contributed by atoms with E-state index in [0.29, 0.717) is 24.4 Å². The SMILES string of the molecule is Cn1cnc(C(=O)N2C3CCC2Cn2c(-c4ccccc4)nc(C(N)=O)c2C3)c1. The lowest BCUT2D eigenvalue weighted by molar-refractivity contribution is 0.0660. The Morgan fingerprint density at radius 2 is 1.90 bits per heavy atom. The van der Waals surface area contributed by atoms with E-state index in [1.807, 2.05) is 42.3 Å². The van der Waals surface area contributed by atoms with E-state index >= 15 is 0 Å². The Labute approximate surface area is 168 Å². The first-order chi connectivity index (χ1) is 14.0. The van der Waals surface area contributed by atoms with E-state index in [-0.39, 0.29) is 18.0 Å². The van der Waals surface area contributed by atoms with Gasteiger partial charge in [0.05, 0.1) is 18.1 Å². The van der Waals surface area contributed by atoms with Crippen LogP contribution in [-0.4, -0.2) is 47.9 Å². The molecule has 2 aliphatic rings. The molecule has 4 heterocycles. The number of amides is 2. The van der Waals surface area contributed by atoms with E-state index in [1.54, 1.807) is 17.1 Å². The molecule has 0 spiro atoms. The van der Waals surface area contributed by atoms with Crippen molar-refractivity contribution in [3.05, 3.63) is 59.9 Å². The molecule has 2 aliphatic heterocycles. The smallest absolute Gasteiger partial charge is 0.274 e. The predicted octanol–water partition coefficient (Wildman–Crippen LogP) is 1.61. The third kappa shape index (κ3) is 2.83. The zero-order valence-corrected chi connectivity index (χ0v) is 16.2. The van der Waals surface area contributed by atoms with Crippen LogP contribution in [0, 0.1) is 0 Å². The minimum absolute atomic E-state index is 0.00850. The summed E-state index contributed by atoms with van der Waals surface area (Å²) < 4.78 is 3.86. The number of primary amides is 1. The molecule has 8 nitrogen and oxygen atoms in total. The van der Waals surface area contributed by atoms with Crippen molar-refractivity contribution in [2.45, 2.75) is 37.9 Å². The van der Waals surface area contributed by atoms with Crippen molar-refractivity contribution >= 4 is 11.8 Å². The maximum Gasteiger partial charge on any atom is 0.274 e. The molecule has 0 saturated carbocycles. The Kier molecular flexibility index (Phi) is 4.01. The lowest BCUT2D eigenvalue weighted by Gasteiger charge is -2.27. The number of imidazole rings is 2. The summed E-state index contributed by atoms with van der Waals surface area (Å²) in [5, 5.41) is 0. The van der Waals surface area contributed by atoms with E-state index in [9.17, 15) is 9.59 Å². The molecule has 2 amide bonds. The second-order valence-electron chi connectivity index (χ2n) is 7.80. The Bertz CT molecular complexity index is 1100. The quantitative estimate of drug-likeness (QED) is 0.734. The first-order valence-electron chi connectivity index (χ1n) is 9.78. The van der Waals surface area contributed by atoms with E-state index < -0.39 is 5.91 Å². The van der Waals surface area contributed by atoms with E-state index in [1.165, 1.54) is 0 Å². The molecule has 148 valence electrons. The van der Waals surface area contributed by atoms with Crippen LogP contribution in [0.5, 0.6) is 0 Å². The first kappa shape index (κ1) is 17.7. The number of aromatic nitrogens is 4. The zero-order chi connectivity index (χ0) is 20.1. The topological polar surface area (TPSA) is 99.0 Å². The lowest BCUT2D eigenvalue weighted by atomic mass is 10.1. The summed E-state index contributed by atoms with van der Waals surface area (Å²) >= 11 is 0. The second-order valence-corrected chi connectivity index (χ2v) is 7.80. The summed E-state index contributed by atoms with van der Waals surface area (Å²) in [7, 11) is 1.85. The van der Waals surface area contributed by atoms with Gasteiger partial charge in [-0.05, 0) is 12.8 Å². The van der Waals surface area contributed by atoms with Crippen LogP contribution in [0.25, 0.3) is 11.4 Å². The first-order valence-corrected chi connectivity index (χ1v) is 9.78. The van der Waals surface area contributed by atoms with Crippen molar-refractivity contribution < 1.29 is 9.59 Å². The summed E-state index contributed by atoms with van der Waals surface area (Å²) in [6.45, 7) is 0.592. The number of rotatable bonds is 3. The van der Waals surface area contributed by atoms with Gasteiger partial charge in [-0.1, -0.05) is 30.3 Å². The highest BCUT2D eigenvalue weighted by Crippen LogP contribution is 2.36. The van der Waals surface area contributed by atoms with Crippen LogP contribution in [-0.2, 0) is 20.0 Å². The molecule has 1 aromatic carbocycles. The highest BCUT2D eigenvalue weighted by Gasteiger charge is 2.42. The second kappa shape index (κ2) is 6.58. The van der Waals surface area contributed by atoms with Crippen molar-refractivity contribution in [3.8, 4) is 11.4 Å².